The van der Waals surface area contributed by atoms with Crippen LogP contribution in [0.4, 0.5) is 10.1 Å². The van der Waals surface area contributed by atoms with E-state index in [4.69, 9.17) is 5.11 Å². The molecule has 0 aliphatic rings. The van der Waals surface area contributed by atoms with E-state index in [2.05, 4.69) is 10.6 Å². The van der Waals surface area contributed by atoms with E-state index in [0.717, 1.165) is 16.8 Å². The molecular formula is C17H19FN2O2. The summed E-state index contributed by atoms with van der Waals surface area (Å²) in [4.78, 5) is 11.8. The van der Waals surface area contributed by atoms with Crippen molar-refractivity contribution in [3.63, 3.8) is 0 Å². The van der Waals surface area contributed by atoms with Crippen LogP contribution in [0.15, 0.2) is 42.5 Å². The Labute approximate surface area is 129 Å². The number of hydrogen-bond acceptors (Lipinski definition) is 3. The fourth-order valence-corrected chi connectivity index (χ4v) is 1.97. The number of aliphatic hydroxyl groups is 1. The Hall–Kier alpha value is -2.40. The van der Waals surface area contributed by atoms with E-state index >= 15 is 0 Å². The number of anilines is 1. The van der Waals surface area contributed by atoms with Gasteiger partial charge in [0.2, 0.25) is 5.91 Å². The van der Waals surface area contributed by atoms with Gasteiger partial charge in [-0.1, -0.05) is 24.3 Å². The second-order valence-corrected chi connectivity index (χ2v) is 5.07. The topological polar surface area (TPSA) is 61.4 Å². The monoisotopic (exact) mass is 302 g/mol. The number of aliphatic hydroxyl groups excluding tert-OH is 1. The minimum atomic E-state index is -0.273. The maximum atomic E-state index is 13.4. The van der Waals surface area contributed by atoms with Crippen LogP contribution in [0.1, 0.15) is 16.7 Å². The predicted molar refractivity (Wildman–Crippen MR) is 83.8 cm³/mol. The van der Waals surface area contributed by atoms with E-state index in [0.29, 0.717) is 5.56 Å². The Morgan fingerprint density at radius 1 is 1.18 bits per heavy atom. The summed E-state index contributed by atoms with van der Waals surface area (Å²) in [6, 6.07) is 12.1. The number of carbonyl (C=O) groups excluding carboxylic acids is 1. The Kier molecular flexibility index (Phi) is 5.49. The molecule has 22 heavy (non-hydrogen) atoms. The highest BCUT2D eigenvalue weighted by Crippen LogP contribution is 2.10. The third kappa shape index (κ3) is 4.56. The normalized spacial score (nSPS) is 10.3. The molecule has 2 aromatic carbocycles. The Morgan fingerprint density at radius 2 is 2.00 bits per heavy atom. The summed E-state index contributed by atoms with van der Waals surface area (Å²) in [5, 5.41) is 14.8. The minimum absolute atomic E-state index is 0.0410. The van der Waals surface area contributed by atoms with E-state index in [1.54, 1.807) is 37.3 Å². The summed E-state index contributed by atoms with van der Waals surface area (Å²) in [6.07, 6.45) is 0. The van der Waals surface area contributed by atoms with Gasteiger partial charge in [0.1, 0.15) is 5.82 Å². The van der Waals surface area contributed by atoms with Gasteiger partial charge in [-0.15, -0.1) is 0 Å². The molecule has 0 saturated carbocycles. The summed E-state index contributed by atoms with van der Waals surface area (Å²) in [5.74, 6) is -0.457. The molecule has 0 spiro atoms. The first-order valence-electron chi connectivity index (χ1n) is 7.04. The molecule has 0 aliphatic heterocycles. The van der Waals surface area contributed by atoms with Gasteiger partial charge in [-0.3, -0.25) is 4.79 Å². The van der Waals surface area contributed by atoms with Crippen molar-refractivity contribution in [2.75, 3.05) is 11.9 Å². The maximum absolute atomic E-state index is 13.4. The molecular weight excluding hydrogens is 283 g/mol. The molecule has 4 nitrogen and oxygen atoms in total. The summed E-state index contributed by atoms with van der Waals surface area (Å²) in [5.41, 5.74) is 2.85. The van der Waals surface area contributed by atoms with Crippen LogP contribution < -0.4 is 10.6 Å². The fourth-order valence-electron chi connectivity index (χ4n) is 1.97. The lowest BCUT2D eigenvalue weighted by Crippen LogP contribution is -2.29. The van der Waals surface area contributed by atoms with E-state index in [-0.39, 0.29) is 31.4 Å². The van der Waals surface area contributed by atoms with Gasteiger partial charge in [-0.25, -0.2) is 4.39 Å². The molecule has 0 aliphatic carbocycles. The third-order valence-corrected chi connectivity index (χ3v) is 3.29. The van der Waals surface area contributed by atoms with Crippen molar-refractivity contribution in [1.82, 2.24) is 5.32 Å². The number of amides is 1. The van der Waals surface area contributed by atoms with Gasteiger partial charge in [0.25, 0.3) is 0 Å². The first-order valence-corrected chi connectivity index (χ1v) is 7.04. The molecule has 0 saturated heterocycles. The number of rotatable bonds is 6. The number of aryl methyl sites for hydroxylation is 1. The van der Waals surface area contributed by atoms with Crippen LogP contribution in [0.5, 0.6) is 0 Å². The molecule has 0 unspecified atom stereocenters. The van der Waals surface area contributed by atoms with Gasteiger partial charge in [0.05, 0.1) is 13.2 Å². The van der Waals surface area contributed by atoms with Crippen molar-refractivity contribution in [3.8, 4) is 0 Å². The van der Waals surface area contributed by atoms with Crippen LogP contribution in [0.2, 0.25) is 0 Å². The van der Waals surface area contributed by atoms with Crippen molar-refractivity contribution < 1.29 is 14.3 Å². The van der Waals surface area contributed by atoms with Crippen LogP contribution in [0.25, 0.3) is 0 Å². The highest BCUT2D eigenvalue weighted by Gasteiger charge is 2.04. The summed E-state index contributed by atoms with van der Waals surface area (Å²) < 4.78 is 13.4. The smallest absolute Gasteiger partial charge is 0.239 e. The molecule has 0 fully saturated rings. The highest BCUT2D eigenvalue weighted by molar-refractivity contribution is 5.80. The number of benzene rings is 2. The van der Waals surface area contributed by atoms with Crippen LogP contribution in [-0.2, 0) is 17.9 Å². The zero-order valence-corrected chi connectivity index (χ0v) is 12.4. The van der Waals surface area contributed by atoms with Gasteiger partial charge in [0, 0.05) is 12.2 Å². The second kappa shape index (κ2) is 7.56. The van der Waals surface area contributed by atoms with E-state index in [1.807, 2.05) is 6.07 Å². The molecule has 3 N–H and O–H groups in total. The molecule has 0 heterocycles. The number of nitrogens with one attached hydrogen (secondary N) is 2. The van der Waals surface area contributed by atoms with Gasteiger partial charge in [0.15, 0.2) is 0 Å². The SMILES string of the molecule is Cc1ccc(CNC(=O)CNc2cccc(CO)c2)cc1F. The van der Waals surface area contributed by atoms with Crippen molar-refractivity contribution in [1.29, 1.82) is 0 Å². The van der Waals surface area contributed by atoms with Crippen molar-refractivity contribution in [2.45, 2.75) is 20.1 Å². The average Bonchev–Trinajstić information content (AvgIpc) is 2.54. The Balaban J connectivity index is 1.81. The van der Waals surface area contributed by atoms with Crippen molar-refractivity contribution >= 4 is 11.6 Å². The van der Waals surface area contributed by atoms with E-state index < -0.39 is 0 Å². The molecule has 0 bridgehead atoms. The Morgan fingerprint density at radius 3 is 2.73 bits per heavy atom. The zero-order chi connectivity index (χ0) is 15.9. The van der Waals surface area contributed by atoms with Crippen LogP contribution in [0.3, 0.4) is 0 Å². The lowest BCUT2D eigenvalue weighted by molar-refractivity contribution is -0.119. The van der Waals surface area contributed by atoms with E-state index in [9.17, 15) is 9.18 Å². The number of carbonyl (C=O) groups is 1. The average molecular weight is 302 g/mol. The molecule has 0 atom stereocenters. The quantitative estimate of drug-likeness (QED) is 0.767. The molecule has 2 rings (SSSR count). The standard InChI is InChI=1S/C17H19FN2O2/c1-12-5-6-13(8-16(12)18)9-20-17(22)10-19-15-4-2-3-14(7-15)11-21/h2-8,19,21H,9-11H2,1H3,(H,20,22). The summed E-state index contributed by atoms with van der Waals surface area (Å²) in [7, 11) is 0. The minimum Gasteiger partial charge on any atom is -0.392 e. The second-order valence-electron chi connectivity index (χ2n) is 5.07. The fraction of sp³-hybridized carbons (Fsp3) is 0.235. The first kappa shape index (κ1) is 16.0. The molecule has 0 radical (unpaired) electrons. The molecule has 2 aromatic rings. The molecule has 1 amide bonds. The molecule has 5 heteroatoms. The van der Waals surface area contributed by atoms with Crippen LogP contribution >= 0.6 is 0 Å². The molecule has 116 valence electrons. The van der Waals surface area contributed by atoms with Gasteiger partial charge in [-0.2, -0.15) is 0 Å². The van der Waals surface area contributed by atoms with Gasteiger partial charge < -0.3 is 15.7 Å². The van der Waals surface area contributed by atoms with E-state index in [1.165, 1.54) is 6.07 Å². The van der Waals surface area contributed by atoms with Gasteiger partial charge in [-0.05, 0) is 41.8 Å². The summed E-state index contributed by atoms with van der Waals surface area (Å²) >= 11 is 0. The first-order chi connectivity index (χ1) is 10.6. The maximum Gasteiger partial charge on any atom is 0.239 e. The zero-order valence-electron chi connectivity index (χ0n) is 12.4. The van der Waals surface area contributed by atoms with Crippen LogP contribution in [-0.4, -0.2) is 17.6 Å². The number of hydrogen-bond donors (Lipinski definition) is 3. The van der Waals surface area contributed by atoms with Gasteiger partial charge >= 0.3 is 0 Å². The molecule has 0 aromatic heterocycles. The number of halogens is 1. The third-order valence-electron chi connectivity index (χ3n) is 3.29. The lowest BCUT2D eigenvalue weighted by atomic mass is 10.1. The largest absolute Gasteiger partial charge is 0.392 e. The van der Waals surface area contributed by atoms with Crippen molar-refractivity contribution in [3.05, 3.63) is 65.0 Å². The Bertz CT molecular complexity index is 659. The van der Waals surface area contributed by atoms with Crippen molar-refractivity contribution in [2.24, 2.45) is 0 Å². The lowest BCUT2D eigenvalue weighted by Gasteiger charge is -2.09. The predicted octanol–water partition coefficient (Wildman–Crippen LogP) is 2.35. The van der Waals surface area contributed by atoms with Crippen LogP contribution in [0, 0.1) is 12.7 Å². The summed E-state index contributed by atoms with van der Waals surface area (Å²) in [6.45, 7) is 2.06. The highest BCUT2D eigenvalue weighted by atomic mass is 19.1.